The molecule has 1 aliphatic heterocycles. The average Bonchev–Trinajstić information content (AvgIpc) is 1.84. The van der Waals surface area contributed by atoms with E-state index >= 15 is 0 Å². The van der Waals surface area contributed by atoms with Crippen LogP contribution in [-0.4, -0.2) is 8.66 Å². The molecule has 0 saturated carbocycles. The molecule has 0 aromatic carbocycles. The summed E-state index contributed by atoms with van der Waals surface area (Å²) in [7, 11) is 1.47. The van der Waals surface area contributed by atoms with Gasteiger partial charge in [0.25, 0.3) is 0 Å². The quantitative estimate of drug-likeness (QED) is 0.603. The zero-order valence-electron chi connectivity index (χ0n) is 5.40. The summed E-state index contributed by atoms with van der Waals surface area (Å²) in [5.41, 5.74) is 0. The molecule has 0 N–H and O–H groups in total. The summed E-state index contributed by atoms with van der Waals surface area (Å²) < 4.78 is 0.521. The molecule has 1 aliphatic rings. The van der Waals surface area contributed by atoms with Crippen molar-refractivity contribution in [2.24, 2.45) is 0 Å². The van der Waals surface area contributed by atoms with E-state index < -0.39 is 0 Å². The first-order chi connectivity index (χ1) is 3.21. The molecule has 0 radical (unpaired) electrons. The van der Waals surface area contributed by atoms with Crippen LogP contribution >= 0.6 is 45.4 Å². The van der Waals surface area contributed by atoms with Crippen LogP contribution < -0.4 is 0 Å². The van der Waals surface area contributed by atoms with Crippen LogP contribution in [0.1, 0.15) is 6.92 Å². The fourth-order valence-corrected chi connectivity index (χ4v) is 1.91. The van der Waals surface area contributed by atoms with E-state index in [4.69, 9.17) is 0 Å². The molecule has 0 aromatic rings. The van der Waals surface area contributed by atoms with E-state index in [1.165, 1.54) is 8.20 Å². The Morgan fingerprint density at radius 2 is 1.80 bits per heavy atom. The van der Waals surface area contributed by atoms with Gasteiger partial charge in [-0.3, -0.25) is 0 Å². The van der Waals surface area contributed by atoms with Gasteiger partial charge < -0.3 is 0 Å². The average molecular weight is 298 g/mol. The van der Waals surface area contributed by atoms with Crippen LogP contribution in [0.4, 0.5) is 0 Å². The van der Waals surface area contributed by atoms with Gasteiger partial charge >= 0.3 is 60.7 Å². The van der Waals surface area contributed by atoms with Gasteiger partial charge in [-0.25, -0.2) is 0 Å². The van der Waals surface area contributed by atoms with Gasteiger partial charge in [-0.05, 0) is 0 Å². The van der Waals surface area contributed by atoms with Gasteiger partial charge in [-0.1, -0.05) is 0 Å². The molecule has 1 atom stereocenters. The second kappa shape index (κ2) is 7.32. The van der Waals surface area contributed by atoms with Gasteiger partial charge in [0.2, 0.25) is 0 Å². The molecule has 1 rings (SSSR count). The van der Waals surface area contributed by atoms with Crippen molar-refractivity contribution in [1.29, 1.82) is 0 Å². The van der Waals surface area contributed by atoms with E-state index in [9.17, 15) is 0 Å². The van der Waals surface area contributed by atoms with E-state index in [0.717, 1.165) is 0 Å². The minimum Gasteiger partial charge on any atom is -0.147 e. The van der Waals surface area contributed by atoms with Crippen molar-refractivity contribution >= 4 is 51.2 Å². The Hall–Kier alpha value is 1.66. The Kier molecular flexibility index (Phi) is 12.9. The van der Waals surface area contributed by atoms with Gasteiger partial charge in [-0.15, -0.1) is 37.2 Å². The van der Waals surface area contributed by atoms with Gasteiger partial charge in [-0.2, -0.15) is 0 Å². The van der Waals surface area contributed by atoms with E-state index in [2.05, 4.69) is 24.9 Å². The van der Waals surface area contributed by atoms with E-state index in [1.54, 1.807) is 24.7 Å². The van der Waals surface area contributed by atoms with Crippen LogP contribution in [0.5, 0.6) is 0 Å². The predicted octanol–water partition coefficient (Wildman–Crippen LogP) is 2.83. The molecule has 0 amide bonds. The van der Waals surface area contributed by atoms with Gasteiger partial charge in [0.1, 0.15) is 0 Å². The molecule has 10 heavy (non-hydrogen) atoms. The number of halogens is 3. The first-order valence-electron chi connectivity index (χ1n) is 2.19. The van der Waals surface area contributed by atoms with Crippen LogP contribution in [0.25, 0.3) is 0 Å². The van der Waals surface area contributed by atoms with Crippen LogP contribution in [0.15, 0.2) is 12.2 Å². The first-order valence-corrected chi connectivity index (χ1v) is 4.38. The van der Waals surface area contributed by atoms with Crippen molar-refractivity contribution in [3.05, 3.63) is 12.2 Å². The Balaban J connectivity index is -0.000000163. The van der Waals surface area contributed by atoms with Crippen molar-refractivity contribution in [3.8, 4) is 0 Å². The molecular formula is C5H9Cl3PZr. The molecule has 0 aromatic heterocycles. The topological polar surface area (TPSA) is 0 Å². The third-order valence-electron chi connectivity index (χ3n) is 0.850. The van der Waals surface area contributed by atoms with E-state index in [-0.39, 0.29) is 37.2 Å². The monoisotopic (exact) mass is 295 g/mol. The zero-order valence-corrected chi connectivity index (χ0v) is 11.2. The molecule has 59 valence electrons. The van der Waals surface area contributed by atoms with Crippen LogP contribution in [0, 0.1) is 0 Å². The van der Waals surface area contributed by atoms with Gasteiger partial charge in [0.05, 0.1) is 0 Å². The number of allylic oxidation sites excluding steroid dienone is 2. The molecule has 1 heterocycles. The third kappa shape index (κ3) is 6.38. The summed E-state index contributed by atoms with van der Waals surface area (Å²) in [6.07, 6.45) is 4.42. The van der Waals surface area contributed by atoms with Crippen molar-refractivity contribution in [3.63, 3.8) is 0 Å². The molecule has 0 aliphatic carbocycles. The number of hydrogen-bond donors (Lipinski definition) is 0. The van der Waals surface area contributed by atoms with E-state index in [0.29, 0.717) is 2.86 Å². The van der Waals surface area contributed by atoms with Crippen LogP contribution in [0.2, 0.25) is 0 Å². The standard InChI is InChI=1S/C5H6P.3ClH.Zr/c1-5-3-2-4-6-5;;;;/h2-4H,1H3;3*1H;. The molecule has 0 spiro atoms. The number of hydrogen-bond acceptors (Lipinski definition) is 0. The normalized spacial score (nSPS) is 27.6. The fraction of sp³-hybridized carbons (Fsp3) is 0.400. The van der Waals surface area contributed by atoms with Gasteiger partial charge in [0.15, 0.2) is 0 Å². The summed E-state index contributed by atoms with van der Waals surface area (Å²) in [6.45, 7) is 2.27. The number of rotatable bonds is 0. The maximum atomic E-state index is 2.27. The largest absolute Gasteiger partial charge is 0.147 e. The predicted molar refractivity (Wildman–Crippen MR) is 52.3 cm³/mol. The van der Waals surface area contributed by atoms with Crippen molar-refractivity contribution in [1.82, 2.24) is 0 Å². The zero-order chi connectivity index (χ0) is 5.33. The molecule has 0 fully saturated rings. The summed E-state index contributed by atoms with van der Waals surface area (Å²) >= 11 is 1.62. The maximum absolute atomic E-state index is 2.27. The Bertz CT molecular complexity index is 119. The van der Waals surface area contributed by atoms with Crippen LogP contribution in [-0.2, 0) is 24.7 Å². The summed E-state index contributed by atoms with van der Waals surface area (Å²) in [6, 6.07) is 0. The fourth-order valence-electron chi connectivity index (χ4n) is 0.471. The SMILES string of the molecule is C[C]1([Zr])C=CC=P1.Cl.Cl.Cl. The molecule has 5 heteroatoms. The molecule has 0 saturated heterocycles. The molecular weight excluding hydrogens is 289 g/mol. The Morgan fingerprint density at radius 1 is 1.30 bits per heavy atom. The minimum atomic E-state index is 0. The minimum absolute atomic E-state index is 0. The summed E-state index contributed by atoms with van der Waals surface area (Å²) in [5, 5.41) is 0. The Morgan fingerprint density at radius 3 is 1.90 bits per heavy atom. The van der Waals surface area contributed by atoms with Crippen molar-refractivity contribution < 1.29 is 24.7 Å². The molecule has 0 nitrogen and oxygen atoms in total. The van der Waals surface area contributed by atoms with Gasteiger partial charge in [0, 0.05) is 0 Å². The third-order valence-corrected chi connectivity index (χ3v) is 3.22. The van der Waals surface area contributed by atoms with Crippen LogP contribution in [0.3, 0.4) is 0 Å². The second-order valence-corrected chi connectivity index (χ2v) is 6.86. The summed E-state index contributed by atoms with van der Waals surface area (Å²) in [5.74, 6) is 2.20. The maximum Gasteiger partial charge on any atom is -0.147 e. The molecule has 1 unspecified atom stereocenters. The van der Waals surface area contributed by atoms with Crippen molar-refractivity contribution in [2.75, 3.05) is 0 Å². The van der Waals surface area contributed by atoms with Crippen molar-refractivity contribution in [2.45, 2.75) is 9.79 Å². The first kappa shape index (κ1) is 17.7. The second-order valence-electron chi connectivity index (χ2n) is 1.78. The Labute approximate surface area is 97.1 Å². The summed E-state index contributed by atoms with van der Waals surface area (Å²) in [4.78, 5) is 0. The molecule has 0 bridgehead atoms. The smallest absolute Gasteiger partial charge is 0.147 e. The van der Waals surface area contributed by atoms with E-state index in [1.807, 2.05) is 0 Å².